The predicted molar refractivity (Wildman–Crippen MR) is 90.0 cm³/mol. The summed E-state index contributed by atoms with van der Waals surface area (Å²) in [5, 5.41) is 12.1. The minimum Gasteiger partial charge on any atom is -0.475 e. The second-order valence-electron chi connectivity index (χ2n) is 5.18. The van der Waals surface area contributed by atoms with Gasteiger partial charge in [-0.2, -0.15) is 18.2 Å². The molecule has 0 saturated heterocycles. The van der Waals surface area contributed by atoms with E-state index < -0.39 is 12.1 Å². The van der Waals surface area contributed by atoms with Crippen molar-refractivity contribution in [3.8, 4) is 0 Å². The van der Waals surface area contributed by atoms with Gasteiger partial charge < -0.3 is 14.2 Å². The first-order valence-corrected chi connectivity index (χ1v) is 8.50. The van der Waals surface area contributed by atoms with Crippen LogP contribution in [0.25, 0.3) is 0 Å². The molecule has 0 saturated carbocycles. The average molecular weight is 400 g/mol. The number of aryl methyl sites for hydroxylation is 1. The molecule has 0 bridgehead atoms. The molecule has 27 heavy (non-hydrogen) atoms. The molecule has 144 valence electrons. The van der Waals surface area contributed by atoms with Crippen molar-refractivity contribution in [2.45, 2.75) is 23.5 Å². The van der Waals surface area contributed by atoms with Crippen LogP contribution in [0.2, 0.25) is 0 Å². The van der Waals surface area contributed by atoms with E-state index in [0.717, 1.165) is 5.16 Å². The first kappa shape index (κ1) is 20.5. The number of carbonyl (C=O) groups is 1. The van der Waals surface area contributed by atoms with E-state index in [0.29, 0.717) is 23.9 Å². The van der Waals surface area contributed by atoms with Crippen molar-refractivity contribution in [2.75, 3.05) is 0 Å². The molecule has 7 nitrogen and oxygen atoms in total. The number of hydrogen-bond donors (Lipinski definition) is 1. The third-order valence-electron chi connectivity index (χ3n) is 3.06. The first-order valence-electron chi connectivity index (χ1n) is 7.51. The molecule has 0 atom stereocenters. The number of alkyl halides is 3. The predicted octanol–water partition coefficient (Wildman–Crippen LogP) is 3.32. The summed E-state index contributed by atoms with van der Waals surface area (Å²) >= 11 is 1.58. The molecular weight excluding hydrogens is 385 g/mol. The molecule has 0 aliphatic heterocycles. The summed E-state index contributed by atoms with van der Waals surface area (Å²) in [6.07, 6.45) is -0.703. The Bertz CT molecular complexity index is 865. The molecule has 1 N–H and O–H groups in total. The Morgan fingerprint density at radius 2 is 1.96 bits per heavy atom. The Labute approximate surface area is 156 Å². The Morgan fingerprint density at radius 1 is 1.30 bits per heavy atom. The molecule has 2 aromatic heterocycles. The lowest BCUT2D eigenvalue weighted by atomic mass is 10.1. The van der Waals surface area contributed by atoms with Crippen molar-refractivity contribution in [2.24, 2.45) is 7.05 Å². The van der Waals surface area contributed by atoms with Crippen molar-refractivity contribution in [3.05, 3.63) is 60.0 Å². The second kappa shape index (κ2) is 9.21. The summed E-state index contributed by atoms with van der Waals surface area (Å²) in [6.45, 7) is 0. The van der Waals surface area contributed by atoms with Crippen LogP contribution < -0.4 is 0 Å². The van der Waals surface area contributed by atoms with Gasteiger partial charge in [0.05, 0.1) is 5.75 Å². The number of carboxylic acid groups (broad SMARTS) is 1. The van der Waals surface area contributed by atoms with Crippen LogP contribution in [0.15, 0.2) is 52.4 Å². The Balaban J connectivity index is 0.000000321. The van der Waals surface area contributed by atoms with Crippen LogP contribution in [-0.4, -0.2) is 36.9 Å². The quantitative estimate of drug-likeness (QED) is 0.657. The molecule has 2 heterocycles. The van der Waals surface area contributed by atoms with Gasteiger partial charge in [-0.05, 0) is 5.56 Å². The highest BCUT2D eigenvalue weighted by Crippen LogP contribution is 2.19. The number of imidazole rings is 1. The number of rotatable bonds is 5. The topological polar surface area (TPSA) is 94.0 Å². The molecule has 3 aromatic rings. The largest absolute Gasteiger partial charge is 0.490 e. The normalized spacial score (nSPS) is 11.0. The lowest BCUT2D eigenvalue weighted by Crippen LogP contribution is -2.21. The number of halogens is 3. The molecule has 0 radical (unpaired) electrons. The van der Waals surface area contributed by atoms with Crippen LogP contribution in [0.4, 0.5) is 13.2 Å². The molecule has 0 unspecified atom stereocenters. The molecule has 1 aromatic carbocycles. The number of carboxylic acids is 1. The molecule has 3 rings (SSSR count). The zero-order valence-electron chi connectivity index (χ0n) is 14.1. The minimum absolute atomic E-state index is 0.629. The van der Waals surface area contributed by atoms with E-state index in [1.165, 1.54) is 5.56 Å². The van der Waals surface area contributed by atoms with Crippen molar-refractivity contribution < 1.29 is 27.6 Å². The molecule has 11 heteroatoms. The third-order valence-corrected chi connectivity index (χ3v) is 4.10. The van der Waals surface area contributed by atoms with Gasteiger partial charge in [0.2, 0.25) is 5.89 Å². The van der Waals surface area contributed by atoms with E-state index in [1.807, 2.05) is 36.0 Å². The van der Waals surface area contributed by atoms with E-state index in [2.05, 4.69) is 27.3 Å². The van der Waals surface area contributed by atoms with Gasteiger partial charge in [-0.1, -0.05) is 47.3 Å². The van der Waals surface area contributed by atoms with Gasteiger partial charge in [-0.15, -0.1) is 0 Å². The molecule has 0 fully saturated rings. The van der Waals surface area contributed by atoms with Crippen LogP contribution >= 0.6 is 11.8 Å². The van der Waals surface area contributed by atoms with Crippen molar-refractivity contribution in [3.63, 3.8) is 0 Å². The number of nitrogens with zero attached hydrogens (tertiary/aromatic N) is 4. The van der Waals surface area contributed by atoms with Crippen LogP contribution in [-0.2, 0) is 24.0 Å². The van der Waals surface area contributed by atoms with Crippen molar-refractivity contribution in [1.82, 2.24) is 19.7 Å². The van der Waals surface area contributed by atoms with Gasteiger partial charge in [0, 0.05) is 25.9 Å². The summed E-state index contributed by atoms with van der Waals surface area (Å²) < 4.78 is 39.0. The molecule has 0 spiro atoms. The summed E-state index contributed by atoms with van der Waals surface area (Å²) in [5.41, 5.74) is 1.18. The number of aromatic nitrogens is 4. The van der Waals surface area contributed by atoms with Gasteiger partial charge >= 0.3 is 12.1 Å². The van der Waals surface area contributed by atoms with Gasteiger partial charge in [0.1, 0.15) is 0 Å². The first-order chi connectivity index (χ1) is 12.8. The molecular formula is C16H15F3N4O3S. The number of hydrogen-bond acceptors (Lipinski definition) is 6. The van der Waals surface area contributed by atoms with Crippen molar-refractivity contribution in [1.29, 1.82) is 0 Å². The maximum Gasteiger partial charge on any atom is 0.490 e. The minimum atomic E-state index is -5.08. The molecule has 0 aliphatic carbocycles. The Kier molecular flexibility index (Phi) is 6.99. The Hall–Kier alpha value is -2.82. The SMILES string of the molecule is Cn1ccnc1SCc1nc(Cc2ccccc2)no1.O=C(O)C(F)(F)F. The van der Waals surface area contributed by atoms with Crippen LogP contribution in [0.3, 0.4) is 0 Å². The second-order valence-corrected chi connectivity index (χ2v) is 6.12. The third kappa shape index (κ3) is 6.77. The zero-order chi connectivity index (χ0) is 19.9. The summed E-state index contributed by atoms with van der Waals surface area (Å²) in [7, 11) is 1.96. The Morgan fingerprint density at radius 3 is 2.52 bits per heavy atom. The summed E-state index contributed by atoms with van der Waals surface area (Å²) in [6, 6.07) is 10.1. The van der Waals surface area contributed by atoms with Crippen LogP contribution in [0.5, 0.6) is 0 Å². The van der Waals surface area contributed by atoms with E-state index in [1.54, 1.807) is 18.0 Å². The highest BCUT2D eigenvalue weighted by atomic mass is 32.2. The van der Waals surface area contributed by atoms with Gasteiger partial charge in [0.15, 0.2) is 11.0 Å². The number of aliphatic carboxylic acids is 1. The highest BCUT2D eigenvalue weighted by molar-refractivity contribution is 7.98. The van der Waals surface area contributed by atoms with E-state index in [4.69, 9.17) is 14.4 Å². The monoisotopic (exact) mass is 400 g/mol. The number of benzene rings is 1. The maximum atomic E-state index is 10.6. The lowest BCUT2D eigenvalue weighted by Gasteiger charge is -1.97. The van der Waals surface area contributed by atoms with E-state index >= 15 is 0 Å². The van der Waals surface area contributed by atoms with Crippen LogP contribution in [0, 0.1) is 0 Å². The molecule has 0 aliphatic rings. The van der Waals surface area contributed by atoms with Gasteiger partial charge in [-0.25, -0.2) is 9.78 Å². The standard InChI is InChI=1S/C14H14N4OS.C2HF3O2/c1-18-8-7-15-14(18)20-10-13-16-12(17-19-13)9-11-5-3-2-4-6-11;3-2(4,5)1(6)7/h2-8H,9-10H2,1H3;(H,6,7). The van der Waals surface area contributed by atoms with Crippen molar-refractivity contribution >= 4 is 17.7 Å². The van der Waals surface area contributed by atoms with E-state index in [-0.39, 0.29) is 0 Å². The fraction of sp³-hybridized carbons (Fsp3) is 0.250. The van der Waals surface area contributed by atoms with Crippen LogP contribution in [0.1, 0.15) is 17.3 Å². The fourth-order valence-corrected chi connectivity index (χ4v) is 2.59. The van der Waals surface area contributed by atoms with Gasteiger partial charge in [-0.3, -0.25) is 0 Å². The summed E-state index contributed by atoms with van der Waals surface area (Å²) in [5.74, 6) is -0.782. The fourth-order valence-electron chi connectivity index (χ4n) is 1.82. The zero-order valence-corrected chi connectivity index (χ0v) is 14.9. The lowest BCUT2D eigenvalue weighted by molar-refractivity contribution is -0.192. The molecule has 0 amide bonds. The highest BCUT2D eigenvalue weighted by Gasteiger charge is 2.38. The smallest absolute Gasteiger partial charge is 0.475 e. The average Bonchev–Trinajstić information content (AvgIpc) is 3.22. The van der Waals surface area contributed by atoms with E-state index in [9.17, 15) is 13.2 Å². The number of thioether (sulfide) groups is 1. The maximum absolute atomic E-state index is 10.6. The summed E-state index contributed by atoms with van der Waals surface area (Å²) in [4.78, 5) is 17.5. The van der Waals surface area contributed by atoms with Gasteiger partial charge in [0.25, 0.3) is 0 Å².